The first kappa shape index (κ1) is 18.6. The van der Waals surface area contributed by atoms with E-state index in [1.807, 2.05) is 25.1 Å². The van der Waals surface area contributed by atoms with Crippen LogP contribution in [-0.2, 0) is 13.6 Å². The molecule has 0 radical (unpaired) electrons. The molecule has 0 saturated heterocycles. The van der Waals surface area contributed by atoms with Crippen molar-refractivity contribution in [3.63, 3.8) is 0 Å². The van der Waals surface area contributed by atoms with E-state index < -0.39 is 6.43 Å². The van der Waals surface area contributed by atoms with Crippen LogP contribution in [0, 0.1) is 13.8 Å². The van der Waals surface area contributed by atoms with Gasteiger partial charge in [-0.2, -0.15) is 10.2 Å². The quantitative estimate of drug-likeness (QED) is 0.478. The molecule has 8 heteroatoms. The molecule has 144 valence electrons. The summed E-state index contributed by atoms with van der Waals surface area (Å²) in [5.41, 5.74) is 3.82. The normalized spacial score (nSPS) is 11.7. The molecule has 28 heavy (non-hydrogen) atoms. The van der Waals surface area contributed by atoms with E-state index in [1.54, 1.807) is 35.6 Å². The third kappa shape index (κ3) is 3.16. The van der Waals surface area contributed by atoms with Crippen LogP contribution in [0.5, 0.6) is 0 Å². The van der Waals surface area contributed by atoms with Gasteiger partial charge in [0.15, 0.2) is 5.65 Å². The molecule has 5 nitrogen and oxygen atoms in total. The minimum Gasteiger partial charge on any atom is -0.272 e. The zero-order chi connectivity index (χ0) is 20.0. The number of halogens is 3. The molecule has 0 bridgehead atoms. The monoisotopic (exact) mass is 401 g/mol. The lowest BCUT2D eigenvalue weighted by Gasteiger charge is -2.09. The van der Waals surface area contributed by atoms with E-state index in [0.717, 1.165) is 16.8 Å². The number of rotatable bonds is 4. The Balaban J connectivity index is 1.93. The molecule has 0 atom stereocenters. The maximum atomic E-state index is 13.9. The molecule has 0 fully saturated rings. The van der Waals surface area contributed by atoms with Crippen LogP contribution in [0.3, 0.4) is 0 Å². The second-order valence-electron chi connectivity index (χ2n) is 6.74. The Labute approximate surface area is 165 Å². The maximum Gasteiger partial charge on any atom is 0.264 e. The van der Waals surface area contributed by atoms with Gasteiger partial charge in [-0.25, -0.2) is 18.4 Å². The predicted octanol–water partition coefficient (Wildman–Crippen LogP) is 5.09. The van der Waals surface area contributed by atoms with Gasteiger partial charge in [-0.15, -0.1) is 0 Å². The zero-order valence-corrected chi connectivity index (χ0v) is 16.4. The fourth-order valence-corrected chi connectivity index (χ4v) is 3.58. The maximum absolute atomic E-state index is 13.9. The van der Waals surface area contributed by atoms with Crippen molar-refractivity contribution in [2.45, 2.75) is 26.8 Å². The molecule has 0 saturated carbocycles. The number of nitrogens with zero attached hydrogens (tertiary/aromatic N) is 5. The van der Waals surface area contributed by atoms with Gasteiger partial charge in [0, 0.05) is 28.9 Å². The highest BCUT2D eigenvalue weighted by atomic mass is 35.5. The van der Waals surface area contributed by atoms with E-state index in [-0.39, 0.29) is 5.56 Å². The molecular formula is C20H18ClF2N5. The molecule has 0 aliphatic heterocycles. The lowest BCUT2D eigenvalue weighted by atomic mass is 10.1. The van der Waals surface area contributed by atoms with E-state index in [0.29, 0.717) is 34.0 Å². The van der Waals surface area contributed by atoms with E-state index >= 15 is 0 Å². The van der Waals surface area contributed by atoms with Gasteiger partial charge in [0.1, 0.15) is 0 Å². The standard InChI is InChI=1S/C20H18ClF2N5/c1-11-18-15(19(22)23)8-17(16-9-24-27(3)12(16)2)25-20(18)28(26-11)10-13-5-4-6-14(21)7-13/h4-9,19H,10H2,1-3H3. The van der Waals surface area contributed by atoms with Gasteiger partial charge in [-0.1, -0.05) is 23.7 Å². The Morgan fingerprint density at radius 2 is 1.96 bits per heavy atom. The summed E-state index contributed by atoms with van der Waals surface area (Å²) in [6.07, 6.45) is -0.993. The summed E-state index contributed by atoms with van der Waals surface area (Å²) in [7, 11) is 1.80. The van der Waals surface area contributed by atoms with Crippen molar-refractivity contribution in [1.29, 1.82) is 0 Å². The van der Waals surface area contributed by atoms with Crippen LogP contribution in [0.4, 0.5) is 8.78 Å². The van der Waals surface area contributed by atoms with Crippen molar-refractivity contribution in [1.82, 2.24) is 24.5 Å². The minimum atomic E-state index is -2.64. The van der Waals surface area contributed by atoms with Gasteiger partial charge in [0.2, 0.25) is 0 Å². The largest absolute Gasteiger partial charge is 0.272 e. The molecule has 0 N–H and O–H groups in total. The number of aryl methyl sites for hydroxylation is 2. The first-order valence-corrected chi connectivity index (χ1v) is 9.12. The Kier molecular flexibility index (Phi) is 4.63. The Hall–Kier alpha value is -2.80. The lowest BCUT2D eigenvalue weighted by Crippen LogP contribution is -2.04. The van der Waals surface area contributed by atoms with Gasteiger partial charge in [0.05, 0.1) is 29.5 Å². The van der Waals surface area contributed by atoms with Gasteiger partial charge in [-0.05, 0) is 37.6 Å². The summed E-state index contributed by atoms with van der Waals surface area (Å²) < 4.78 is 31.1. The van der Waals surface area contributed by atoms with Crippen LogP contribution in [0.25, 0.3) is 22.3 Å². The number of alkyl halides is 2. The number of hydrogen-bond acceptors (Lipinski definition) is 3. The van der Waals surface area contributed by atoms with Crippen molar-refractivity contribution >= 4 is 22.6 Å². The number of benzene rings is 1. The number of aromatic nitrogens is 5. The number of hydrogen-bond donors (Lipinski definition) is 0. The van der Waals surface area contributed by atoms with Crippen molar-refractivity contribution in [2.24, 2.45) is 7.05 Å². The van der Waals surface area contributed by atoms with E-state index in [4.69, 9.17) is 11.6 Å². The topological polar surface area (TPSA) is 48.5 Å². The SMILES string of the molecule is Cc1nn(Cc2cccc(Cl)c2)c2nc(-c3cnn(C)c3C)cc(C(F)F)c12. The molecule has 0 aliphatic carbocycles. The van der Waals surface area contributed by atoms with Crippen molar-refractivity contribution < 1.29 is 8.78 Å². The average molecular weight is 402 g/mol. The minimum absolute atomic E-state index is 0.0712. The third-order valence-electron chi connectivity index (χ3n) is 4.88. The number of fused-ring (bicyclic) bond motifs is 1. The van der Waals surface area contributed by atoms with E-state index in [2.05, 4.69) is 15.2 Å². The molecule has 0 aliphatic rings. The van der Waals surface area contributed by atoms with E-state index in [1.165, 1.54) is 6.07 Å². The summed E-state index contributed by atoms with van der Waals surface area (Å²) in [6.45, 7) is 3.99. The number of pyridine rings is 1. The molecular weight excluding hydrogens is 384 g/mol. The molecule has 4 rings (SSSR count). The van der Waals surface area contributed by atoms with Crippen LogP contribution >= 0.6 is 11.6 Å². The molecule has 0 amide bonds. The summed E-state index contributed by atoms with van der Waals surface area (Å²) in [5, 5.41) is 9.68. The summed E-state index contributed by atoms with van der Waals surface area (Å²) in [6, 6.07) is 8.81. The van der Waals surface area contributed by atoms with E-state index in [9.17, 15) is 8.78 Å². The summed E-state index contributed by atoms with van der Waals surface area (Å²) >= 11 is 6.07. The van der Waals surface area contributed by atoms with Gasteiger partial charge in [0.25, 0.3) is 6.43 Å². The van der Waals surface area contributed by atoms with Gasteiger partial charge < -0.3 is 0 Å². The first-order valence-electron chi connectivity index (χ1n) is 8.74. The van der Waals surface area contributed by atoms with Crippen molar-refractivity contribution in [2.75, 3.05) is 0 Å². The van der Waals surface area contributed by atoms with Crippen molar-refractivity contribution in [3.05, 3.63) is 64.1 Å². The predicted molar refractivity (Wildman–Crippen MR) is 105 cm³/mol. The summed E-state index contributed by atoms with van der Waals surface area (Å²) in [4.78, 5) is 4.68. The highest BCUT2D eigenvalue weighted by Gasteiger charge is 2.22. The molecule has 3 heterocycles. The molecule has 1 aromatic carbocycles. The smallest absolute Gasteiger partial charge is 0.264 e. The highest BCUT2D eigenvalue weighted by Crippen LogP contribution is 2.34. The van der Waals surface area contributed by atoms with Crippen LogP contribution in [0.15, 0.2) is 36.5 Å². The fraction of sp³-hybridized carbons (Fsp3) is 0.250. The van der Waals surface area contributed by atoms with Crippen molar-refractivity contribution in [3.8, 4) is 11.3 Å². The van der Waals surface area contributed by atoms with Crippen LogP contribution in [0.1, 0.15) is 28.9 Å². The fourth-order valence-electron chi connectivity index (χ4n) is 3.37. The molecule has 4 aromatic rings. The van der Waals surface area contributed by atoms with Crippen LogP contribution < -0.4 is 0 Å². The third-order valence-corrected chi connectivity index (χ3v) is 5.11. The molecule has 3 aromatic heterocycles. The van der Waals surface area contributed by atoms with Gasteiger partial charge >= 0.3 is 0 Å². The molecule has 0 unspecified atom stereocenters. The first-order chi connectivity index (χ1) is 13.3. The molecule has 0 spiro atoms. The summed E-state index contributed by atoms with van der Waals surface area (Å²) in [5.74, 6) is 0. The van der Waals surface area contributed by atoms with Gasteiger partial charge in [-0.3, -0.25) is 4.68 Å². The Morgan fingerprint density at radius 1 is 1.18 bits per heavy atom. The average Bonchev–Trinajstić information content (AvgIpc) is 3.14. The highest BCUT2D eigenvalue weighted by molar-refractivity contribution is 6.30. The van der Waals surface area contributed by atoms with Crippen LogP contribution in [0.2, 0.25) is 5.02 Å². The second-order valence-corrected chi connectivity index (χ2v) is 7.17. The Bertz CT molecular complexity index is 1180. The van der Waals surface area contributed by atoms with Crippen LogP contribution in [-0.4, -0.2) is 24.5 Å². The second kappa shape index (κ2) is 6.98. The Morgan fingerprint density at radius 3 is 2.61 bits per heavy atom. The zero-order valence-electron chi connectivity index (χ0n) is 15.6. The lowest BCUT2D eigenvalue weighted by molar-refractivity contribution is 0.153.